The van der Waals surface area contributed by atoms with E-state index in [0.717, 1.165) is 28.8 Å². The number of nitrogens with zero attached hydrogens (tertiary/aromatic N) is 2. The summed E-state index contributed by atoms with van der Waals surface area (Å²) in [6.07, 6.45) is 0. The Morgan fingerprint density at radius 1 is 1.08 bits per heavy atom. The maximum atomic E-state index is 6.12. The number of halogens is 1. The molecule has 5 heteroatoms. The van der Waals surface area contributed by atoms with Gasteiger partial charge in [0, 0.05) is 28.6 Å². The molecule has 0 bridgehead atoms. The molecule has 0 radical (unpaired) electrons. The third-order valence-corrected chi connectivity index (χ3v) is 3.79. The topological polar surface area (TPSA) is 38.0 Å². The van der Waals surface area contributed by atoms with Crippen molar-refractivity contribution in [2.45, 2.75) is 0 Å². The number of likely N-dealkylation sites (N-methyl/N-ethyl adjacent to an activating group) is 1. The second-order valence-corrected chi connectivity index (χ2v) is 6.17. The molecule has 124 valence electrons. The quantitative estimate of drug-likeness (QED) is 0.516. The van der Waals surface area contributed by atoms with Crippen molar-refractivity contribution in [3.8, 4) is 11.3 Å². The molecule has 3 rings (SSSR count). The molecule has 24 heavy (non-hydrogen) atoms. The van der Waals surface area contributed by atoms with E-state index in [-0.39, 0.29) is 0 Å². The van der Waals surface area contributed by atoms with E-state index in [1.54, 1.807) is 6.07 Å². The predicted molar refractivity (Wildman–Crippen MR) is 96.7 cm³/mol. The Morgan fingerprint density at radius 2 is 1.88 bits per heavy atom. The van der Waals surface area contributed by atoms with Crippen LogP contribution in [0.25, 0.3) is 22.3 Å². The summed E-state index contributed by atoms with van der Waals surface area (Å²) in [6, 6.07) is 17.3. The lowest BCUT2D eigenvalue weighted by atomic mass is 10.1. The van der Waals surface area contributed by atoms with Crippen molar-refractivity contribution in [2.75, 3.05) is 27.2 Å². The Kier molecular flexibility index (Phi) is 5.18. The van der Waals surface area contributed by atoms with E-state index in [1.807, 2.05) is 67.5 Å². The third-order valence-electron chi connectivity index (χ3n) is 3.56. The predicted octanol–water partition coefficient (Wildman–Crippen LogP) is 4.15. The van der Waals surface area contributed by atoms with Crippen LogP contribution in [0, 0.1) is 0 Å². The summed E-state index contributed by atoms with van der Waals surface area (Å²) >= 11 is 6.12. The van der Waals surface area contributed by atoms with Crippen LogP contribution >= 0.6 is 11.6 Å². The fourth-order valence-electron chi connectivity index (χ4n) is 2.30. The Hall–Kier alpha value is -2.30. The molecule has 0 fully saturated rings. The number of hydrogen-bond acceptors (Lipinski definition) is 4. The molecule has 3 aromatic rings. The van der Waals surface area contributed by atoms with Gasteiger partial charge < -0.3 is 14.2 Å². The van der Waals surface area contributed by atoms with Crippen LogP contribution in [0.4, 0.5) is 0 Å². The molecule has 1 heterocycles. The molecule has 2 aromatic carbocycles. The van der Waals surface area contributed by atoms with E-state index in [2.05, 4.69) is 5.16 Å². The zero-order chi connectivity index (χ0) is 16.9. The monoisotopic (exact) mass is 342 g/mol. The van der Waals surface area contributed by atoms with Crippen molar-refractivity contribution >= 4 is 22.6 Å². The number of fused-ring (bicyclic) bond motifs is 1. The molecule has 0 spiro atoms. The van der Waals surface area contributed by atoms with Gasteiger partial charge in [-0.05, 0) is 32.3 Å². The van der Waals surface area contributed by atoms with Crippen molar-refractivity contribution < 1.29 is 9.25 Å². The van der Waals surface area contributed by atoms with Crippen LogP contribution in [0.5, 0.6) is 0 Å². The van der Waals surface area contributed by atoms with Gasteiger partial charge in [-0.15, -0.1) is 0 Å². The minimum absolute atomic E-state index is 0.516. The fourth-order valence-corrected chi connectivity index (χ4v) is 2.47. The lowest BCUT2D eigenvalue weighted by Crippen LogP contribution is -2.17. The number of rotatable bonds is 5. The van der Waals surface area contributed by atoms with Crippen LogP contribution in [0.15, 0.2) is 64.2 Å². The molecule has 0 unspecified atom stereocenters. The van der Waals surface area contributed by atoms with E-state index in [4.69, 9.17) is 20.9 Å². The van der Waals surface area contributed by atoms with Crippen molar-refractivity contribution in [1.29, 1.82) is 0 Å². The summed E-state index contributed by atoms with van der Waals surface area (Å²) in [7, 11) is 3.99. The lowest BCUT2D eigenvalue weighted by molar-refractivity contribution is 0.117. The Morgan fingerprint density at radius 3 is 2.62 bits per heavy atom. The van der Waals surface area contributed by atoms with Gasteiger partial charge in [0.15, 0.2) is 0 Å². The van der Waals surface area contributed by atoms with Crippen molar-refractivity contribution in [1.82, 2.24) is 4.90 Å². The van der Waals surface area contributed by atoms with Crippen LogP contribution in [0.1, 0.15) is 0 Å². The van der Waals surface area contributed by atoms with Crippen LogP contribution in [0.2, 0.25) is 5.02 Å². The second kappa shape index (κ2) is 7.51. The highest BCUT2D eigenvalue weighted by molar-refractivity contribution is 6.31. The molecular weight excluding hydrogens is 324 g/mol. The lowest BCUT2D eigenvalue weighted by Gasteiger charge is -2.08. The summed E-state index contributed by atoms with van der Waals surface area (Å²) in [5.74, 6) is 0.736. The zero-order valence-electron chi connectivity index (χ0n) is 13.7. The third kappa shape index (κ3) is 3.96. The smallest absolute Gasteiger partial charge is 0.137 e. The standard InChI is InChI=1S/C19H19ClN2O2/c1-22(2)10-11-23-21-17-13-19(14-6-4-3-5-7-14)24-18-9-8-15(20)12-16(17)18/h3-9,12-13H,10-11H2,1-2H3/b21-17+. The summed E-state index contributed by atoms with van der Waals surface area (Å²) in [5, 5.41) is 6.45. The molecule has 0 saturated carbocycles. The van der Waals surface area contributed by atoms with Crippen LogP contribution in [0.3, 0.4) is 0 Å². The van der Waals surface area contributed by atoms with Gasteiger partial charge >= 0.3 is 0 Å². The summed E-state index contributed by atoms with van der Waals surface area (Å²) in [6.45, 7) is 1.31. The van der Waals surface area contributed by atoms with Crippen LogP contribution in [-0.4, -0.2) is 32.1 Å². The zero-order valence-corrected chi connectivity index (χ0v) is 14.5. The molecule has 0 atom stereocenters. The highest BCUT2D eigenvalue weighted by Gasteiger charge is 2.07. The van der Waals surface area contributed by atoms with Gasteiger partial charge in [0.25, 0.3) is 0 Å². The molecule has 0 aliphatic rings. The number of benzene rings is 2. The molecule has 0 saturated heterocycles. The molecule has 0 amide bonds. The van der Waals surface area contributed by atoms with Crippen molar-refractivity contribution in [3.63, 3.8) is 0 Å². The maximum Gasteiger partial charge on any atom is 0.137 e. The average Bonchev–Trinajstić information content (AvgIpc) is 2.59. The van der Waals surface area contributed by atoms with Gasteiger partial charge in [-0.25, -0.2) is 0 Å². The Bertz CT molecular complexity index is 889. The normalized spacial score (nSPS) is 12.1. The summed E-state index contributed by atoms with van der Waals surface area (Å²) in [5.41, 5.74) is 1.70. The first-order valence-electron chi connectivity index (χ1n) is 7.73. The van der Waals surface area contributed by atoms with Crippen LogP contribution < -0.4 is 5.36 Å². The second-order valence-electron chi connectivity index (χ2n) is 5.73. The minimum Gasteiger partial charge on any atom is -0.456 e. The molecule has 0 N–H and O–H groups in total. The van der Waals surface area contributed by atoms with Gasteiger partial charge in [-0.2, -0.15) is 0 Å². The molecular formula is C19H19ClN2O2. The maximum absolute atomic E-state index is 6.12. The van der Waals surface area contributed by atoms with E-state index >= 15 is 0 Å². The largest absolute Gasteiger partial charge is 0.456 e. The minimum atomic E-state index is 0.516. The van der Waals surface area contributed by atoms with Crippen LogP contribution in [-0.2, 0) is 4.84 Å². The van der Waals surface area contributed by atoms with E-state index in [1.165, 1.54) is 0 Å². The first-order valence-corrected chi connectivity index (χ1v) is 8.11. The van der Waals surface area contributed by atoms with Crippen molar-refractivity contribution in [3.05, 3.63) is 65.0 Å². The SMILES string of the molecule is CN(C)CCO/N=c1\cc(-c2ccccc2)oc2ccc(Cl)cc12. The Labute approximate surface area is 145 Å². The van der Waals surface area contributed by atoms with E-state index in [0.29, 0.717) is 17.0 Å². The first-order chi connectivity index (χ1) is 11.6. The van der Waals surface area contributed by atoms with E-state index < -0.39 is 0 Å². The average molecular weight is 343 g/mol. The molecule has 0 aliphatic carbocycles. The van der Waals surface area contributed by atoms with Gasteiger partial charge in [0.2, 0.25) is 0 Å². The molecule has 0 aliphatic heterocycles. The summed E-state index contributed by atoms with van der Waals surface area (Å²) < 4.78 is 6.01. The highest BCUT2D eigenvalue weighted by Crippen LogP contribution is 2.23. The Balaban J connectivity index is 2.07. The van der Waals surface area contributed by atoms with Crippen molar-refractivity contribution in [2.24, 2.45) is 5.16 Å². The molecule has 1 aromatic heterocycles. The first kappa shape index (κ1) is 16.6. The summed E-state index contributed by atoms with van der Waals surface area (Å²) in [4.78, 5) is 7.51. The van der Waals surface area contributed by atoms with Gasteiger partial charge in [-0.1, -0.05) is 47.1 Å². The van der Waals surface area contributed by atoms with Gasteiger partial charge in [0.1, 0.15) is 23.3 Å². The van der Waals surface area contributed by atoms with Gasteiger partial charge in [0.05, 0.1) is 0 Å². The highest BCUT2D eigenvalue weighted by atomic mass is 35.5. The van der Waals surface area contributed by atoms with Gasteiger partial charge in [-0.3, -0.25) is 0 Å². The fraction of sp³-hybridized carbons (Fsp3) is 0.211. The number of hydrogen-bond donors (Lipinski definition) is 0. The van der Waals surface area contributed by atoms with E-state index in [9.17, 15) is 0 Å². The molecule has 4 nitrogen and oxygen atoms in total.